The van der Waals surface area contributed by atoms with Gasteiger partial charge in [0.25, 0.3) is 0 Å². The van der Waals surface area contributed by atoms with E-state index in [2.05, 4.69) is 10.3 Å². The van der Waals surface area contributed by atoms with E-state index in [0.29, 0.717) is 40.0 Å². The summed E-state index contributed by atoms with van der Waals surface area (Å²) in [6.45, 7) is 4.21. The maximum absolute atomic E-state index is 14.8. The Hall–Kier alpha value is -4.93. The van der Waals surface area contributed by atoms with Crippen LogP contribution < -0.4 is 9.47 Å². The van der Waals surface area contributed by atoms with E-state index < -0.39 is 23.0 Å². The molecule has 0 saturated heterocycles. The molecule has 206 valence electrons. The Morgan fingerprint density at radius 3 is 2.42 bits per heavy atom. The summed E-state index contributed by atoms with van der Waals surface area (Å²) in [5, 5.41) is 29.1. The summed E-state index contributed by atoms with van der Waals surface area (Å²) in [5.41, 5.74) is 1.58. The highest BCUT2D eigenvalue weighted by Crippen LogP contribution is 2.47. The number of carbonyl (C=O) groups is 1. The predicted molar refractivity (Wildman–Crippen MR) is 143 cm³/mol. The van der Waals surface area contributed by atoms with Gasteiger partial charge in [-0.15, -0.1) is 5.10 Å². The Kier molecular flexibility index (Phi) is 6.66. The van der Waals surface area contributed by atoms with Gasteiger partial charge in [-0.3, -0.25) is 4.68 Å². The van der Waals surface area contributed by atoms with Crippen LogP contribution in [-0.2, 0) is 12.0 Å². The maximum atomic E-state index is 14.8. The number of carboxylic acids is 1. The Morgan fingerprint density at radius 2 is 1.77 bits per heavy atom. The third-order valence-corrected chi connectivity index (χ3v) is 6.80. The maximum Gasteiger partial charge on any atom is 0.339 e. The van der Waals surface area contributed by atoms with Crippen LogP contribution in [0.4, 0.5) is 8.78 Å². The van der Waals surface area contributed by atoms with Gasteiger partial charge in [0, 0.05) is 40.7 Å². The summed E-state index contributed by atoms with van der Waals surface area (Å²) in [5.74, 6) is -2.65. The van der Waals surface area contributed by atoms with E-state index in [0.717, 1.165) is 6.07 Å². The van der Waals surface area contributed by atoms with Gasteiger partial charge in [0.1, 0.15) is 22.9 Å². The Bertz CT molecular complexity index is 1750. The van der Waals surface area contributed by atoms with Crippen molar-refractivity contribution in [2.75, 3.05) is 14.2 Å². The molecule has 2 N–H and O–H groups in total. The Labute approximate surface area is 227 Å². The predicted octanol–water partition coefficient (Wildman–Crippen LogP) is 5.57. The van der Waals surface area contributed by atoms with Crippen molar-refractivity contribution in [2.45, 2.75) is 25.8 Å². The van der Waals surface area contributed by atoms with Crippen LogP contribution in [0.2, 0.25) is 0 Å². The molecule has 0 saturated carbocycles. The minimum atomic E-state index is -1.17. The molecule has 0 amide bonds. The van der Waals surface area contributed by atoms with Crippen molar-refractivity contribution in [2.24, 2.45) is 0 Å². The first-order valence-electron chi connectivity index (χ1n) is 12.2. The molecule has 2 aromatic heterocycles. The highest BCUT2D eigenvalue weighted by Gasteiger charge is 2.34. The normalized spacial score (nSPS) is 11.7. The van der Waals surface area contributed by atoms with Crippen molar-refractivity contribution in [3.8, 4) is 34.1 Å². The second-order valence-electron chi connectivity index (χ2n) is 9.90. The molecule has 5 aromatic rings. The third-order valence-electron chi connectivity index (χ3n) is 6.80. The van der Waals surface area contributed by atoms with Gasteiger partial charge < -0.3 is 24.3 Å². The zero-order valence-corrected chi connectivity index (χ0v) is 22.1. The number of aromatic hydroxyl groups is 1. The lowest BCUT2D eigenvalue weighted by Crippen LogP contribution is -2.28. The lowest BCUT2D eigenvalue weighted by molar-refractivity contribution is 0.0693. The quantitative estimate of drug-likeness (QED) is 0.261. The number of hydrogen-bond donors (Lipinski definition) is 2. The van der Waals surface area contributed by atoms with Crippen molar-refractivity contribution < 1.29 is 33.3 Å². The highest BCUT2D eigenvalue weighted by atomic mass is 19.1. The van der Waals surface area contributed by atoms with E-state index in [4.69, 9.17) is 9.47 Å². The second-order valence-corrected chi connectivity index (χ2v) is 9.90. The summed E-state index contributed by atoms with van der Waals surface area (Å²) in [4.78, 5) is 11.8. The SMILES string of the molecule is COc1cc(-n2c(C(C)(C)Cn3ccnn3)c(-c3ccc(C(=O)O)c(OC)c3)c3c(O)cc(F)cc32)ccc1F. The molecule has 0 radical (unpaired) electrons. The van der Waals surface area contributed by atoms with E-state index in [1.165, 1.54) is 44.6 Å². The molecule has 0 aliphatic heterocycles. The lowest BCUT2D eigenvalue weighted by atomic mass is 9.83. The Morgan fingerprint density at radius 1 is 1.02 bits per heavy atom. The average molecular weight is 549 g/mol. The van der Waals surface area contributed by atoms with Gasteiger partial charge in [-0.25, -0.2) is 13.6 Å². The van der Waals surface area contributed by atoms with Gasteiger partial charge in [0.15, 0.2) is 11.6 Å². The van der Waals surface area contributed by atoms with Gasteiger partial charge in [0.2, 0.25) is 0 Å². The molecule has 0 spiro atoms. The monoisotopic (exact) mass is 548 g/mol. The molecule has 0 aliphatic carbocycles. The van der Waals surface area contributed by atoms with E-state index in [1.807, 2.05) is 13.8 Å². The van der Waals surface area contributed by atoms with Gasteiger partial charge in [-0.05, 0) is 35.9 Å². The van der Waals surface area contributed by atoms with Crippen LogP contribution in [-0.4, -0.2) is 50.0 Å². The van der Waals surface area contributed by atoms with Crippen LogP contribution in [0.3, 0.4) is 0 Å². The van der Waals surface area contributed by atoms with E-state index in [1.54, 1.807) is 33.8 Å². The van der Waals surface area contributed by atoms with Crippen molar-refractivity contribution in [3.63, 3.8) is 0 Å². The number of fused-ring (bicyclic) bond motifs is 1. The van der Waals surface area contributed by atoms with Crippen LogP contribution in [0, 0.1) is 11.6 Å². The number of phenols is 1. The van der Waals surface area contributed by atoms with Crippen molar-refractivity contribution in [3.05, 3.63) is 83.8 Å². The molecule has 0 unspecified atom stereocenters. The van der Waals surface area contributed by atoms with Crippen LogP contribution >= 0.6 is 0 Å². The molecule has 40 heavy (non-hydrogen) atoms. The second kappa shape index (κ2) is 9.99. The summed E-state index contributed by atoms with van der Waals surface area (Å²) in [7, 11) is 2.71. The number of rotatable bonds is 8. The van der Waals surface area contributed by atoms with Crippen LogP contribution in [0.5, 0.6) is 17.2 Å². The molecular formula is C29H26F2N4O5. The number of nitrogens with zero attached hydrogens (tertiary/aromatic N) is 4. The number of carboxylic acid groups (broad SMARTS) is 1. The summed E-state index contributed by atoms with van der Waals surface area (Å²) >= 11 is 0. The van der Waals surface area contributed by atoms with Gasteiger partial charge in [-0.1, -0.05) is 25.1 Å². The van der Waals surface area contributed by atoms with Crippen LogP contribution in [0.25, 0.3) is 27.7 Å². The first-order chi connectivity index (χ1) is 19.1. The van der Waals surface area contributed by atoms with Gasteiger partial charge in [-0.2, -0.15) is 0 Å². The number of aromatic nitrogens is 4. The topological polar surface area (TPSA) is 112 Å². The molecular weight excluding hydrogens is 522 g/mol. The molecule has 2 heterocycles. The number of halogens is 2. The lowest BCUT2D eigenvalue weighted by Gasteiger charge is -2.29. The molecule has 9 nitrogen and oxygen atoms in total. The van der Waals surface area contributed by atoms with Gasteiger partial charge in [0.05, 0.1) is 37.9 Å². The summed E-state index contributed by atoms with van der Waals surface area (Å²) in [6, 6.07) is 11.1. The smallest absolute Gasteiger partial charge is 0.339 e. The van der Waals surface area contributed by atoms with Crippen LogP contribution in [0.15, 0.2) is 60.9 Å². The largest absolute Gasteiger partial charge is 0.507 e. The average Bonchev–Trinajstić information content (AvgIpc) is 3.54. The number of benzene rings is 3. The first-order valence-corrected chi connectivity index (χ1v) is 12.2. The van der Waals surface area contributed by atoms with E-state index >= 15 is 0 Å². The van der Waals surface area contributed by atoms with Crippen molar-refractivity contribution in [1.29, 1.82) is 0 Å². The minimum absolute atomic E-state index is 0.0194. The number of hydrogen-bond acceptors (Lipinski definition) is 6. The van der Waals surface area contributed by atoms with Crippen molar-refractivity contribution >= 4 is 16.9 Å². The number of phenolic OH excluding ortho intramolecular Hbond substituents is 1. The number of ether oxygens (including phenoxy) is 2. The molecule has 3 aromatic carbocycles. The zero-order chi connectivity index (χ0) is 28.8. The summed E-state index contributed by atoms with van der Waals surface area (Å²) in [6.07, 6.45) is 3.26. The van der Waals surface area contributed by atoms with E-state index in [9.17, 15) is 23.8 Å². The number of aromatic carboxylic acids is 1. The molecule has 0 atom stereocenters. The highest BCUT2D eigenvalue weighted by molar-refractivity contribution is 6.04. The minimum Gasteiger partial charge on any atom is -0.507 e. The zero-order valence-electron chi connectivity index (χ0n) is 22.1. The first kappa shape index (κ1) is 26.7. The third kappa shape index (κ3) is 4.49. The molecule has 5 rings (SSSR count). The molecule has 11 heteroatoms. The van der Waals surface area contributed by atoms with Crippen LogP contribution in [0.1, 0.15) is 29.9 Å². The standard InChI is InChI=1S/C29H26F2N4O5/c1-29(2,15-34-10-9-32-33-34)27-25(16-5-7-19(28(37)38)23(11-16)39-3)26-21(12-17(30)13-22(26)36)35(27)18-6-8-20(31)24(14-18)40-4/h5-14,36H,15H2,1-4H3,(H,37,38). The molecule has 0 fully saturated rings. The Balaban J connectivity index is 1.94. The molecule has 0 aliphatic rings. The van der Waals surface area contributed by atoms with Gasteiger partial charge >= 0.3 is 5.97 Å². The summed E-state index contributed by atoms with van der Waals surface area (Å²) < 4.78 is 43.3. The number of methoxy groups -OCH3 is 2. The van der Waals surface area contributed by atoms with E-state index in [-0.39, 0.29) is 22.8 Å². The van der Waals surface area contributed by atoms with Crippen molar-refractivity contribution in [1.82, 2.24) is 19.6 Å². The fraction of sp³-hybridized carbons (Fsp3) is 0.207. The fourth-order valence-corrected chi connectivity index (χ4v) is 5.16. The molecule has 0 bridgehead atoms. The fourth-order valence-electron chi connectivity index (χ4n) is 5.16.